The summed E-state index contributed by atoms with van der Waals surface area (Å²) in [7, 11) is 0. The van der Waals surface area contributed by atoms with E-state index in [-0.39, 0.29) is 12.1 Å². The topological polar surface area (TPSA) is 55.2 Å². The van der Waals surface area contributed by atoms with Crippen LogP contribution in [0, 0.1) is 13.8 Å². The SMILES string of the molecule is Cc1cc([C@H]2[C@H](c3ccccn3)NC(=S)N2c2ccc(Oc3ccccc3)cc2)c(C)n1-c1nccs1. The van der Waals surface area contributed by atoms with Gasteiger partial charge in [0.05, 0.1) is 17.8 Å². The minimum atomic E-state index is -0.112. The number of para-hydroxylation sites is 1. The molecule has 184 valence electrons. The lowest BCUT2D eigenvalue weighted by Crippen LogP contribution is -2.29. The lowest BCUT2D eigenvalue weighted by atomic mass is 9.96. The molecule has 37 heavy (non-hydrogen) atoms. The van der Waals surface area contributed by atoms with Gasteiger partial charge in [0.25, 0.3) is 0 Å². The minimum absolute atomic E-state index is 0.0943. The Bertz CT molecular complexity index is 1520. The van der Waals surface area contributed by atoms with Crippen LogP contribution in [0.3, 0.4) is 0 Å². The maximum Gasteiger partial charge on any atom is 0.193 e. The van der Waals surface area contributed by atoms with Crippen molar-refractivity contribution in [2.45, 2.75) is 25.9 Å². The maximum absolute atomic E-state index is 6.02. The number of aryl methyl sites for hydroxylation is 1. The van der Waals surface area contributed by atoms with E-state index in [9.17, 15) is 0 Å². The number of hydrogen-bond donors (Lipinski definition) is 1. The lowest BCUT2D eigenvalue weighted by molar-refractivity contribution is 0.482. The number of thiocarbonyl (C=S) groups is 1. The molecule has 6 rings (SSSR count). The van der Waals surface area contributed by atoms with Gasteiger partial charge in [0, 0.05) is 34.8 Å². The van der Waals surface area contributed by atoms with Gasteiger partial charge in [-0.15, -0.1) is 11.3 Å². The molecule has 1 aliphatic heterocycles. The lowest BCUT2D eigenvalue weighted by Gasteiger charge is -2.28. The molecule has 4 heterocycles. The second kappa shape index (κ2) is 9.80. The predicted molar refractivity (Wildman–Crippen MR) is 152 cm³/mol. The molecule has 0 aliphatic carbocycles. The summed E-state index contributed by atoms with van der Waals surface area (Å²) in [6.07, 6.45) is 3.67. The normalized spacial score (nSPS) is 17.1. The number of ether oxygens (including phenoxy) is 1. The molecule has 6 nitrogen and oxygen atoms in total. The van der Waals surface area contributed by atoms with Gasteiger partial charge in [-0.25, -0.2) is 4.98 Å². The van der Waals surface area contributed by atoms with Crippen molar-refractivity contribution in [3.05, 3.63) is 119 Å². The van der Waals surface area contributed by atoms with Crippen LogP contribution in [0.15, 0.2) is 96.6 Å². The molecule has 1 fully saturated rings. The molecular weight excluding hydrogens is 498 g/mol. The molecule has 3 aromatic heterocycles. The van der Waals surface area contributed by atoms with Crippen LogP contribution in [0.25, 0.3) is 5.13 Å². The van der Waals surface area contributed by atoms with Crippen molar-refractivity contribution in [2.75, 3.05) is 4.90 Å². The maximum atomic E-state index is 6.02. The Morgan fingerprint density at radius 3 is 2.35 bits per heavy atom. The third-order valence-corrected chi connectivity index (χ3v) is 7.66. The number of aromatic nitrogens is 3. The van der Waals surface area contributed by atoms with E-state index in [0.717, 1.165) is 39.4 Å². The quantitative estimate of drug-likeness (QED) is 0.244. The molecule has 2 aromatic carbocycles. The van der Waals surface area contributed by atoms with Crippen molar-refractivity contribution in [1.29, 1.82) is 0 Å². The summed E-state index contributed by atoms with van der Waals surface area (Å²) in [6, 6.07) is 25.9. The highest BCUT2D eigenvalue weighted by Gasteiger charge is 2.42. The van der Waals surface area contributed by atoms with Crippen LogP contribution in [0.1, 0.15) is 34.7 Å². The molecule has 0 saturated carbocycles. The summed E-state index contributed by atoms with van der Waals surface area (Å²) in [5, 5.41) is 7.18. The van der Waals surface area contributed by atoms with Crippen molar-refractivity contribution >= 4 is 34.4 Å². The Morgan fingerprint density at radius 1 is 0.892 bits per heavy atom. The third-order valence-electron chi connectivity index (χ3n) is 6.59. The van der Waals surface area contributed by atoms with E-state index in [1.807, 2.05) is 78.4 Å². The number of pyridine rings is 1. The van der Waals surface area contributed by atoms with Crippen LogP contribution in [-0.2, 0) is 0 Å². The van der Waals surface area contributed by atoms with E-state index in [1.54, 1.807) is 11.3 Å². The van der Waals surface area contributed by atoms with Crippen molar-refractivity contribution in [3.63, 3.8) is 0 Å². The van der Waals surface area contributed by atoms with Gasteiger partial charge in [0.1, 0.15) is 11.5 Å². The van der Waals surface area contributed by atoms with Gasteiger partial charge < -0.3 is 15.0 Å². The van der Waals surface area contributed by atoms with E-state index in [4.69, 9.17) is 17.0 Å². The van der Waals surface area contributed by atoms with E-state index >= 15 is 0 Å². The number of hydrogen-bond acceptors (Lipinski definition) is 5. The standard InChI is InChI=1S/C29H25N5OS2/c1-19-18-24(20(2)33(19)29-31-16-17-37-29)27-26(25-10-6-7-15-30-25)32-28(36)34(27)21-11-13-23(14-12-21)35-22-8-4-3-5-9-22/h3-18,26-27H,1-2H3,(H,32,36)/t26-,27-/m0/s1. The van der Waals surface area contributed by atoms with Gasteiger partial charge in [-0.3, -0.25) is 9.55 Å². The first-order chi connectivity index (χ1) is 18.1. The predicted octanol–water partition coefficient (Wildman–Crippen LogP) is 6.92. The van der Waals surface area contributed by atoms with Crippen LogP contribution in [-0.4, -0.2) is 19.6 Å². The first-order valence-electron chi connectivity index (χ1n) is 12.0. The molecule has 8 heteroatoms. The van der Waals surface area contributed by atoms with E-state index in [1.165, 1.54) is 5.56 Å². The summed E-state index contributed by atoms with van der Waals surface area (Å²) in [6.45, 7) is 4.27. The number of benzene rings is 2. The summed E-state index contributed by atoms with van der Waals surface area (Å²) in [4.78, 5) is 11.4. The van der Waals surface area contributed by atoms with Gasteiger partial charge in [0.15, 0.2) is 10.2 Å². The number of nitrogens with one attached hydrogen (secondary N) is 1. The molecule has 1 aliphatic rings. The van der Waals surface area contributed by atoms with E-state index < -0.39 is 0 Å². The Kier molecular flexibility index (Phi) is 6.20. The molecular formula is C29H25N5OS2. The molecule has 2 atom stereocenters. The number of nitrogens with zero attached hydrogens (tertiary/aromatic N) is 4. The molecule has 0 unspecified atom stereocenters. The van der Waals surface area contributed by atoms with Gasteiger partial charge in [0.2, 0.25) is 0 Å². The second-order valence-electron chi connectivity index (χ2n) is 8.88. The number of anilines is 1. The fourth-order valence-corrected chi connectivity index (χ4v) is 6.05. The van der Waals surface area contributed by atoms with Gasteiger partial charge >= 0.3 is 0 Å². The summed E-state index contributed by atoms with van der Waals surface area (Å²) < 4.78 is 8.23. The highest BCUT2D eigenvalue weighted by atomic mass is 32.1. The fourth-order valence-electron chi connectivity index (χ4n) is 4.96. The van der Waals surface area contributed by atoms with Crippen molar-refractivity contribution in [3.8, 4) is 16.6 Å². The first kappa shape index (κ1) is 23.4. The minimum Gasteiger partial charge on any atom is -0.457 e. The third kappa shape index (κ3) is 4.39. The molecule has 1 N–H and O–H groups in total. The smallest absolute Gasteiger partial charge is 0.193 e. The Labute approximate surface area is 225 Å². The van der Waals surface area contributed by atoms with Crippen LogP contribution in [0.5, 0.6) is 11.5 Å². The van der Waals surface area contributed by atoms with E-state index in [0.29, 0.717) is 5.11 Å². The molecule has 0 bridgehead atoms. The highest BCUT2D eigenvalue weighted by molar-refractivity contribution is 7.80. The first-order valence-corrected chi connectivity index (χ1v) is 13.3. The molecule has 5 aromatic rings. The fraction of sp³-hybridized carbons (Fsp3) is 0.138. The number of thiazole rings is 1. The zero-order valence-corrected chi connectivity index (χ0v) is 22.0. The highest BCUT2D eigenvalue weighted by Crippen LogP contribution is 2.44. The van der Waals surface area contributed by atoms with Crippen LogP contribution < -0.4 is 15.0 Å². The summed E-state index contributed by atoms with van der Waals surface area (Å²) >= 11 is 7.54. The van der Waals surface area contributed by atoms with Gasteiger partial charge in [-0.05, 0) is 86.2 Å². The van der Waals surface area contributed by atoms with Crippen molar-refractivity contribution in [1.82, 2.24) is 19.9 Å². The van der Waals surface area contributed by atoms with E-state index in [2.05, 4.69) is 56.8 Å². The van der Waals surface area contributed by atoms with Crippen LogP contribution in [0.2, 0.25) is 0 Å². The average Bonchev–Trinajstić information content (AvgIpc) is 3.63. The monoisotopic (exact) mass is 523 g/mol. The van der Waals surface area contributed by atoms with Gasteiger partial charge in [-0.1, -0.05) is 24.3 Å². The molecule has 0 amide bonds. The summed E-state index contributed by atoms with van der Waals surface area (Å²) in [5.74, 6) is 1.57. The number of rotatable bonds is 6. The zero-order chi connectivity index (χ0) is 25.4. The van der Waals surface area contributed by atoms with Crippen molar-refractivity contribution < 1.29 is 4.74 Å². The Balaban J connectivity index is 1.41. The van der Waals surface area contributed by atoms with Crippen molar-refractivity contribution in [2.24, 2.45) is 0 Å². The Morgan fingerprint density at radius 2 is 1.65 bits per heavy atom. The molecule has 0 spiro atoms. The largest absolute Gasteiger partial charge is 0.457 e. The summed E-state index contributed by atoms with van der Waals surface area (Å²) in [5.41, 5.74) is 5.38. The molecule has 1 saturated heterocycles. The average molecular weight is 524 g/mol. The van der Waals surface area contributed by atoms with Crippen LogP contribution >= 0.6 is 23.6 Å². The van der Waals surface area contributed by atoms with Crippen LogP contribution in [0.4, 0.5) is 5.69 Å². The van der Waals surface area contributed by atoms with Gasteiger partial charge in [-0.2, -0.15) is 0 Å². The second-order valence-corrected chi connectivity index (χ2v) is 10.1. The Hall–Kier alpha value is -4.01. The molecule has 0 radical (unpaired) electrons. The zero-order valence-electron chi connectivity index (χ0n) is 20.4.